The monoisotopic (exact) mass is 269 g/mol. The molecular weight excluding hydrogens is 250 g/mol. The number of nitrogens with two attached hydrogens (primary N) is 1. The average Bonchev–Trinajstić information content (AvgIpc) is 2.47. The molecule has 1 atom stereocenters. The second-order valence-corrected chi connectivity index (χ2v) is 5.03. The van der Waals surface area contributed by atoms with Gasteiger partial charge in [-0.05, 0) is 18.1 Å². The number of hydrogen-bond donors (Lipinski definition) is 2. The van der Waals surface area contributed by atoms with Gasteiger partial charge in [0.1, 0.15) is 5.82 Å². The smallest absolute Gasteiger partial charge is 0.242 e. The largest absolute Gasteiger partial charge is 0.320 e. The number of aromatic nitrogens is 1. The van der Waals surface area contributed by atoms with Crippen LogP contribution in [0.15, 0.2) is 48.5 Å². The van der Waals surface area contributed by atoms with Crippen LogP contribution >= 0.6 is 0 Å². The predicted octanol–water partition coefficient (Wildman–Crippen LogP) is 2.67. The molecule has 2 rings (SSSR count). The highest BCUT2D eigenvalue weighted by Crippen LogP contribution is 2.18. The summed E-state index contributed by atoms with van der Waals surface area (Å²) in [5, 5.41) is 2.76. The summed E-state index contributed by atoms with van der Waals surface area (Å²) in [5.41, 5.74) is 7.65. The Bertz CT molecular complexity index is 581. The van der Waals surface area contributed by atoms with E-state index in [4.69, 9.17) is 5.73 Å². The van der Waals surface area contributed by atoms with E-state index in [1.807, 2.05) is 56.3 Å². The highest BCUT2D eigenvalue weighted by Gasteiger charge is 2.17. The standard InChI is InChI=1S/C16H19N3O/c1-11(2)15(17)16(20)19-14-10-6-9-13(18-14)12-7-4-3-5-8-12/h3-11,15H,17H2,1-2H3,(H,18,19,20). The molecule has 3 N–H and O–H groups in total. The van der Waals surface area contributed by atoms with Crippen molar-refractivity contribution in [3.8, 4) is 11.3 Å². The van der Waals surface area contributed by atoms with E-state index in [0.717, 1.165) is 11.3 Å². The lowest BCUT2D eigenvalue weighted by Gasteiger charge is -2.15. The molecule has 1 heterocycles. The van der Waals surface area contributed by atoms with Crippen molar-refractivity contribution in [1.82, 2.24) is 4.98 Å². The zero-order valence-corrected chi connectivity index (χ0v) is 11.7. The van der Waals surface area contributed by atoms with Crippen molar-refractivity contribution in [2.24, 2.45) is 11.7 Å². The van der Waals surface area contributed by atoms with E-state index in [0.29, 0.717) is 5.82 Å². The summed E-state index contributed by atoms with van der Waals surface area (Å²) in [7, 11) is 0. The van der Waals surface area contributed by atoms with E-state index in [-0.39, 0.29) is 11.8 Å². The maximum Gasteiger partial charge on any atom is 0.242 e. The van der Waals surface area contributed by atoms with Crippen molar-refractivity contribution in [2.45, 2.75) is 19.9 Å². The molecule has 4 nitrogen and oxygen atoms in total. The van der Waals surface area contributed by atoms with E-state index in [9.17, 15) is 4.79 Å². The molecule has 1 aromatic heterocycles. The quantitative estimate of drug-likeness (QED) is 0.896. The zero-order valence-electron chi connectivity index (χ0n) is 11.7. The molecule has 20 heavy (non-hydrogen) atoms. The Kier molecular flexibility index (Phi) is 4.48. The molecule has 4 heteroatoms. The van der Waals surface area contributed by atoms with Gasteiger partial charge in [0.05, 0.1) is 11.7 Å². The molecule has 0 aliphatic rings. The summed E-state index contributed by atoms with van der Waals surface area (Å²) >= 11 is 0. The molecule has 1 unspecified atom stereocenters. The molecule has 1 amide bonds. The van der Waals surface area contributed by atoms with Crippen molar-refractivity contribution in [3.63, 3.8) is 0 Å². The zero-order chi connectivity index (χ0) is 14.5. The molecule has 0 saturated heterocycles. The molecule has 0 aliphatic heterocycles. The first-order chi connectivity index (χ1) is 9.58. The molecule has 0 saturated carbocycles. The SMILES string of the molecule is CC(C)C(N)C(=O)Nc1cccc(-c2ccccc2)n1. The second kappa shape index (κ2) is 6.30. The van der Waals surface area contributed by atoms with Gasteiger partial charge in [0.25, 0.3) is 0 Å². The number of nitrogens with zero attached hydrogens (tertiary/aromatic N) is 1. The topological polar surface area (TPSA) is 68.0 Å². The van der Waals surface area contributed by atoms with Crippen LogP contribution in [0.25, 0.3) is 11.3 Å². The number of hydrogen-bond acceptors (Lipinski definition) is 3. The van der Waals surface area contributed by atoms with Gasteiger partial charge in [-0.25, -0.2) is 4.98 Å². The Morgan fingerprint density at radius 3 is 2.45 bits per heavy atom. The number of rotatable bonds is 4. The number of carbonyl (C=O) groups is 1. The second-order valence-electron chi connectivity index (χ2n) is 5.03. The van der Waals surface area contributed by atoms with E-state index in [1.54, 1.807) is 6.07 Å². The Balaban J connectivity index is 2.17. The number of anilines is 1. The Hall–Kier alpha value is -2.20. The molecule has 1 aromatic carbocycles. The van der Waals surface area contributed by atoms with Crippen LogP contribution in [0, 0.1) is 5.92 Å². The van der Waals surface area contributed by atoms with Gasteiger partial charge in [-0.2, -0.15) is 0 Å². The van der Waals surface area contributed by atoms with Crippen LogP contribution in [0.2, 0.25) is 0 Å². The number of nitrogens with one attached hydrogen (secondary N) is 1. The fourth-order valence-electron chi connectivity index (χ4n) is 1.79. The number of amides is 1. The fourth-order valence-corrected chi connectivity index (χ4v) is 1.79. The lowest BCUT2D eigenvalue weighted by molar-refractivity contribution is -0.118. The molecule has 0 aliphatic carbocycles. The molecule has 0 spiro atoms. The first-order valence-electron chi connectivity index (χ1n) is 6.67. The van der Waals surface area contributed by atoms with Gasteiger partial charge in [0.2, 0.25) is 5.91 Å². The highest BCUT2D eigenvalue weighted by molar-refractivity contribution is 5.94. The molecule has 0 bridgehead atoms. The minimum atomic E-state index is -0.530. The summed E-state index contributed by atoms with van der Waals surface area (Å²) in [5.74, 6) is 0.400. The predicted molar refractivity (Wildman–Crippen MR) is 81.1 cm³/mol. The molecule has 0 fully saturated rings. The summed E-state index contributed by atoms with van der Waals surface area (Å²) in [6.07, 6.45) is 0. The van der Waals surface area contributed by atoms with Crippen LogP contribution in [0.1, 0.15) is 13.8 Å². The number of benzene rings is 1. The van der Waals surface area contributed by atoms with Crippen LogP contribution in [0.3, 0.4) is 0 Å². The Labute approximate surface area is 119 Å². The third-order valence-corrected chi connectivity index (χ3v) is 3.09. The summed E-state index contributed by atoms with van der Waals surface area (Å²) in [6, 6.07) is 14.8. The number of carbonyl (C=O) groups excluding carboxylic acids is 1. The van der Waals surface area contributed by atoms with Gasteiger partial charge in [-0.3, -0.25) is 4.79 Å². The van der Waals surface area contributed by atoms with Gasteiger partial charge in [-0.1, -0.05) is 50.2 Å². The van der Waals surface area contributed by atoms with Gasteiger partial charge < -0.3 is 11.1 Å². The summed E-state index contributed by atoms with van der Waals surface area (Å²) in [6.45, 7) is 3.83. The number of pyridine rings is 1. The normalized spacial score (nSPS) is 12.2. The minimum Gasteiger partial charge on any atom is -0.320 e. The maximum atomic E-state index is 11.9. The molecule has 2 aromatic rings. The van der Waals surface area contributed by atoms with Gasteiger partial charge in [-0.15, -0.1) is 0 Å². The van der Waals surface area contributed by atoms with Crippen LogP contribution in [0.5, 0.6) is 0 Å². The summed E-state index contributed by atoms with van der Waals surface area (Å²) < 4.78 is 0. The lowest BCUT2D eigenvalue weighted by Crippen LogP contribution is -2.39. The first-order valence-corrected chi connectivity index (χ1v) is 6.67. The third kappa shape index (κ3) is 3.42. The van der Waals surface area contributed by atoms with Crippen LogP contribution in [-0.4, -0.2) is 16.9 Å². The Morgan fingerprint density at radius 1 is 1.10 bits per heavy atom. The fraction of sp³-hybridized carbons (Fsp3) is 0.250. The summed E-state index contributed by atoms with van der Waals surface area (Å²) in [4.78, 5) is 16.4. The lowest BCUT2D eigenvalue weighted by atomic mass is 10.1. The van der Waals surface area contributed by atoms with Crippen molar-refractivity contribution in [1.29, 1.82) is 0 Å². The molecule has 104 valence electrons. The van der Waals surface area contributed by atoms with Crippen LogP contribution in [0.4, 0.5) is 5.82 Å². The van der Waals surface area contributed by atoms with Crippen molar-refractivity contribution in [2.75, 3.05) is 5.32 Å². The van der Waals surface area contributed by atoms with Crippen molar-refractivity contribution < 1.29 is 4.79 Å². The van der Waals surface area contributed by atoms with E-state index < -0.39 is 6.04 Å². The van der Waals surface area contributed by atoms with E-state index in [2.05, 4.69) is 10.3 Å². The average molecular weight is 269 g/mol. The maximum absolute atomic E-state index is 11.9. The van der Waals surface area contributed by atoms with Crippen molar-refractivity contribution in [3.05, 3.63) is 48.5 Å². The Morgan fingerprint density at radius 2 is 1.80 bits per heavy atom. The minimum absolute atomic E-state index is 0.0901. The van der Waals surface area contributed by atoms with Crippen LogP contribution in [-0.2, 0) is 4.79 Å². The van der Waals surface area contributed by atoms with E-state index in [1.165, 1.54) is 0 Å². The molecule has 0 radical (unpaired) electrons. The molecular formula is C16H19N3O. The van der Waals surface area contributed by atoms with Crippen LogP contribution < -0.4 is 11.1 Å². The van der Waals surface area contributed by atoms with Crippen molar-refractivity contribution >= 4 is 11.7 Å². The van der Waals surface area contributed by atoms with Gasteiger partial charge in [0.15, 0.2) is 0 Å². The first kappa shape index (κ1) is 14.2. The van der Waals surface area contributed by atoms with Gasteiger partial charge >= 0.3 is 0 Å². The van der Waals surface area contributed by atoms with E-state index >= 15 is 0 Å². The highest BCUT2D eigenvalue weighted by atomic mass is 16.2. The third-order valence-electron chi connectivity index (χ3n) is 3.09. The van der Waals surface area contributed by atoms with Gasteiger partial charge in [0, 0.05) is 5.56 Å².